The number of fused-ring (bicyclic) bond motifs is 2. The Morgan fingerprint density at radius 1 is 1.10 bits per heavy atom. The lowest BCUT2D eigenvalue weighted by atomic mass is 9.81. The maximum atomic E-state index is 5.80. The first-order chi connectivity index (χ1) is 9.86. The van der Waals surface area contributed by atoms with E-state index in [1.54, 1.807) is 0 Å². The fourth-order valence-corrected chi connectivity index (χ4v) is 4.52. The average Bonchev–Trinajstić information content (AvgIpc) is 2.95. The van der Waals surface area contributed by atoms with Gasteiger partial charge in [0, 0.05) is 31.3 Å². The zero-order valence-corrected chi connectivity index (χ0v) is 13.2. The average molecular weight is 280 g/mol. The Labute approximate surface area is 124 Å². The van der Waals surface area contributed by atoms with Gasteiger partial charge in [0.1, 0.15) is 0 Å². The quantitative estimate of drug-likeness (QED) is 0.809. The van der Waals surface area contributed by atoms with E-state index in [0.29, 0.717) is 6.10 Å². The fraction of sp³-hybridized carbons (Fsp3) is 1.00. The second-order valence-corrected chi connectivity index (χ2v) is 7.02. The molecule has 3 unspecified atom stereocenters. The number of hydrogen-bond donors (Lipinski definition) is 1. The molecule has 3 aliphatic heterocycles. The van der Waals surface area contributed by atoms with Crippen LogP contribution in [0.2, 0.25) is 0 Å². The van der Waals surface area contributed by atoms with Gasteiger partial charge in [-0.1, -0.05) is 13.3 Å². The molecule has 0 saturated carbocycles. The summed E-state index contributed by atoms with van der Waals surface area (Å²) in [6.45, 7) is 5.74. The van der Waals surface area contributed by atoms with E-state index in [1.807, 2.05) is 0 Å². The van der Waals surface area contributed by atoms with Gasteiger partial charge in [0.05, 0.1) is 6.10 Å². The minimum absolute atomic E-state index is 0.562. The van der Waals surface area contributed by atoms with Crippen molar-refractivity contribution in [1.29, 1.82) is 0 Å². The molecule has 0 aromatic heterocycles. The summed E-state index contributed by atoms with van der Waals surface area (Å²) in [5, 5.41) is 3.77. The van der Waals surface area contributed by atoms with Crippen molar-refractivity contribution >= 4 is 0 Å². The van der Waals surface area contributed by atoms with E-state index in [2.05, 4.69) is 17.1 Å². The molecular formula is C17H32N2O. The molecule has 3 fully saturated rings. The first-order valence-electron chi connectivity index (χ1n) is 8.97. The summed E-state index contributed by atoms with van der Waals surface area (Å²) in [5.41, 5.74) is 0. The van der Waals surface area contributed by atoms with Crippen LogP contribution >= 0.6 is 0 Å². The van der Waals surface area contributed by atoms with Crippen LogP contribution in [0.5, 0.6) is 0 Å². The molecule has 3 heterocycles. The molecule has 3 rings (SSSR count). The van der Waals surface area contributed by atoms with E-state index < -0.39 is 0 Å². The van der Waals surface area contributed by atoms with Crippen molar-refractivity contribution in [3.63, 3.8) is 0 Å². The third-order valence-corrected chi connectivity index (χ3v) is 5.54. The van der Waals surface area contributed by atoms with Crippen LogP contribution < -0.4 is 5.32 Å². The molecule has 3 atom stereocenters. The Morgan fingerprint density at radius 2 is 1.90 bits per heavy atom. The lowest BCUT2D eigenvalue weighted by molar-refractivity contribution is 0.00888. The molecule has 2 bridgehead atoms. The largest absolute Gasteiger partial charge is 0.378 e. The summed E-state index contributed by atoms with van der Waals surface area (Å²) in [7, 11) is 0. The van der Waals surface area contributed by atoms with E-state index in [4.69, 9.17) is 4.74 Å². The van der Waals surface area contributed by atoms with E-state index in [9.17, 15) is 0 Å². The first-order valence-corrected chi connectivity index (χ1v) is 8.97. The Morgan fingerprint density at radius 3 is 2.55 bits per heavy atom. The van der Waals surface area contributed by atoms with E-state index in [0.717, 1.165) is 24.7 Å². The van der Waals surface area contributed by atoms with Gasteiger partial charge in [-0.05, 0) is 57.9 Å². The number of hydrogen-bond acceptors (Lipinski definition) is 3. The predicted octanol–water partition coefficient (Wildman–Crippen LogP) is 2.94. The van der Waals surface area contributed by atoms with Gasteiger partial charge in [0.2, 0.25) is 0 Å². The number of ether oxygens (including phenoxy) is 1. The lowest BCUT2D eigenvalue weighted by Crippen LogP contribution is -2.56. The molecule has 3 saturated heterocycles. The molecule has 0 aliphatic carbocycles. The van der Waals surface area contributed by atoms with Crippen LogP contribution in [-0.4, -0.2) is 48.8 Å². The number of piperidine rings is 2. The van der Waals surface area contributed by atoms with Crippen molar-refractivity contribution in [3.8, 4) is 0 Å². The zero-order chi connectivity index (χ0) is 13.8. The van der Waals surface area contributed by atoms with Crippen LogP contribution in [0.15, 0.2) is 0 Å². The molecule has 0 spiro atoms. The molecule has 20 heavy (non-hydrogen) atoms. The molecule has 3 heteroatoms. The normalized spacial score (nSPS) is 38.2. The van der Waals surface area contributed by atoms with Crippen molar-refractivity contribution in [3.05, 3.63) is 0 Å². The molecule has 0 radical (unpaired) electrons. The van der Waals surface area contributed by atoms with Crippen molar-refractivity contribution in [1.82, 2.24) is 10.2 Å². The number of nitrogens with zero attached hydrogens (tertiary/aromatic N) is 1. The summed E-state index contributed by atoms with van der Waals surface area (Å²) in [5.74, 6) is 0. The van der Waals surface area contributed by atoms with E-state index >= 15 is 0 Å². The summed E-state index contributed by atoms with van der Waals surface area (Å²) < 4.78 is 5.80. The lowest BCUT2D eigenvalue weighted by Gasteiger charge is -2.49. The smallest absolute Gasteiger partial charge is 0.0588 e. The summed E-state index contributed by atoms with van der Waals surface area (Å²) in [6.07, 6.45) is 12.7. The third kappa shape index (κ3) is 3.55. The third-order valence-electron chi connectivity index (χ3n) is 5.54. The van der Waals surface area contributed by atoms with Crippen LogP contribution in [-0.2, 0) is 4.74 Å². The molecule has 3 nitrogen and oxygen atoms in total. The summed E-state index contributed by atoms with van der Waals surface area (Å²) >= 11 is 0. The maximum Gasteiger partial charge on any atom is 0.0588 e. The maximum absolute atomic E-state index is 5.80. The van der Waals surface area contributed by atoms with Crippen LogP contribution in [0.1, 0.15) is 64.7 Å². The second-order valence-electron chi connectivity index (χ2n) is 7.02. The second kappa shape index (κ2) is 7.24. The highest BCUT2D eigenvalue weighted by atomic mass is 16.5. The molecular weight excluding hydrogens is 248 g/mol. The highest BCUT2D eigenvalue weighted by Gasteiger charge is 2.37. The van der Waals surface area contributed by atoms with E-state index in [-0.39, 0.29) is 0 Å². The van der Waals surface area contributed by atoms with Gasteiger partial charge in [0.15, 0.2) is 0 Å². The van der Waals surface area contributed by atoms with Crippen LogP contribution in [0.25, 0.3) is 0 Å². The van der Waals surface area contributed by atoms with Crippen molar-refractivity contribution in [2.45, 2.75) is 88.9 Å². The number of nitrogens with one attached hydrogen (secondary N) is 1. The van der Waals surface area contributed by atoms with Crippen LogP contribution in [0.4, 0.5) is 0 Å². The highest BCUT2D eigenvalue weighted by molar-refractivity contribution is 4.95. The van der Waals surface area contributed by atoms with Crippen molar-refractivity contribution in [2.24, 2.45) is 0 Å². The predicted molar refractivity (Wildman–Crippen MR) is 83.0 cm³/mol. The van der Waals surface area contributed by atoms with Gasteiger partial charge in [0.25, 0.3) is 0 Å². The van der Waals surface area contributed by atoms with Crippen molar-refractivity contribution < 1.29 is 4.74 Å². The Hall–Kier alpha value is -0.120. The minimum Gasteiger partial charge on any atom is -0.378 e. The molecule has 3 aliphatic rings. The highest BCUT2D eigenvalue weighted by Crippen LogP contribution is 2.34. The van der Waals surface area contributed by atoms with Crippen molar-refractivity contribution in [2.75, 3.05) is 19.7 Å². The monoisotopic (exact) mass is 280 g/mol. The van der Waals surface area contributed by atoms with Gasteiger partial charge in [-0.25, -0.2) is 0 Å². The molecule has 116 valence electrons. The SMILES string of the molecule is CCCNC1CC2CCCC(C1)N2CCC1CCCO1. The molecule has 0 amide bonds. The zero-order valence-electron chi connectivity index (χ0n) is 13.2. The minimum atomic E-state index is 0.562. The van der Waals surface area contributed by atoms with Gasteiger partial charge in [-0.3, -0.25) is 4.90 Å². The fourth-order valence-electron chi connectivity index (χ4n) is 4.52. The topological polar surface area (TPSA) is 24.5 Å². The Balaban J connectivity index is 1.50. The molecule has 1 N–H and O–H groups in total. The first kappa shape index (κ1) is 14.8. The van der Waals surface area contributed by atoms with Gasteiger partial charge >= 0.3 is 0 Å². The van der Waals surface area contributed by atoms with Gasteiger partial charge in [-0.15, -0.1) is 0 Å². The standard InChI is InChI=1S/C17H32N2O/c1-2-9-18-14-12-15-5-3-6-16(13-14)19(15)10-8-17-7-4-11-20-17/h14-18H,2-13H2,1H3. The van der Waals surface area contributed by atoms with Gasteiger partial charge < -0.3 is 10.1 Å². The molecule has 0 aromatic carbocycles. The van der Waals surface area contributed by atoms with Crippen LogP contribution in [0, 0.1) is 0 Å². The number of rotatable bonds is 6. The van der Waals surface area contributed by atoms with E-state index in [1.165, 1.54) is 70.9 Å². The Kier molecular flexibility index (Phi) is 5.36. The summed E-state index contributed by atoms with van der Waals surface area (Å²) in [4.78, 5) is 2.84. The van der Waals surface area contributed by atoms with Crippen LogP contribution in [0.3, 0.4) is 0 Å². The summed E-state index contributed by atoms with van der Waals surface area (Å²) in [6, 6.07) is 2.47. The Bertz CT molecular complexity index is 277. The molecule has 0 aromatic rings. The van der Waals surface area contributed by atoms with Gasteiger partial charge in [-0.2, -0.15) is 0 Å².